The first kappa shape index (κ1) is 19.9. The number of pyridine rings is 2. The van der Waals surface area contributed by atoms with Crippen molar-refractivity contribution in [1.82, 2.24) is 14.3 Å². The quantitative estimate of drug-likeness (QED) is 0.603. The summed E-state index contributed by atoms with van der Waals surface area (Å²) in [4.78, 5) is 20.4. The highest BCUT2D eigenvalue weighted by atomic mass is 32.2. The minimum atomic E-state index is -3.71. The Morgan fingerprint density at radius 3 is 2.68 bits per heavy atom. The Balaban J connectivity index is 1.64. The molecular weight excluding hydrogens is 400 g/mol. The van der Waals surface area contributed by atoms with Crippen LogP contribution in [0.3, 0.4) is 0 Å². The second kappa shape index (κ2) is 8.91. The van der Waals surface area contributed by atoms with E-state index in [-0.39, 0.29) is 23.2 Å². The van der Waals surface area contributed by atoms with Gasteiger partial charge in [-0.05, 0) is 41.3 Å². The molecule has 0 aliphatic heterocycles. The maximum Gasteiger partial charge on any atom is 0.252 e. The molecule has 3 rings (SSSR count). The van der Waals surface area contributed by atoms with Gasteiger partial charge in [-0.3, -0.25) is 9.78 Å². The number of carbonyl (C=O) groups is 1. The molecule has 8 nitrogen and oxygen atoms in total. The van der Waals surface area contributed by atoms with Crippen LogP contribution in [0.4, 0.5) is 5.82 Å². The van der Waals surface area contributed by atoms with Gasteiger partial charge in [0.2, 0.25) is 5.91 Å². The molecule has 1 N–H and O–H groups in total. The number of amides is 1. The van der Waals surface area contributed by atoms with E-state index < -0.39 is 15.9 Å². The minimum absolute atomic E-state index is 0.182. The molecule has 0 radical (unpaired) electrons. The Morgan fingerprint density at radius 2 is 1.96 bits per heavy atom. The van der Waals surface area contributed by atoms with Crippen LogP contribution < -0.4 is 10.1 Å². The number of nitrogens with one attached hydrogen (secondary N) is 1. The van der Waals surface area contributed by atoms with Crippen molar-refractivity contribution in [3.05, 3.63) is 65.9 Å². The second-order valence-electron chi connectivity index (χ2n) is 5.74. The number of rotatable bonds is 8. The fourth-order valence-corrected chi connectivity index (χ4v) is 4.59. The van der Waals surface area contributed by atoms with E-state index in [0.29, 0.717) is 5.75 Å². The summed E-state index contributed by atoms with van der Waals surface area (Å²) in [6.45, 7) is -0.0651. The summed E-state index contributed by atoms with van der Waals surface area (Å²) in [6, 6.07) is 10.1. The lowest BCUT2D eigenvalue weighted by Gasteiger charge is -2.16. The van der Waals surface area contributed by atoms with Crippen LogP contribution in [-0.4, -0.2) is 42.2 Å². The lowest BCUT2D eigenvalue weighted by atomic mass is 10.3. The van der Waals surface area contributed by atoms with Crippen LogP contribution in [0, 0.1) is 0 Å². The Hall–Kier alpha value is -2.82. The SMILES string of the molecule is CN(CC(=O)Nc1ncccc1OCc1ccncc1)S(=O)(=O)c1cccs1. The highest BCUT2D eigenvalue weighted by molar-refractivity contribution is 7.91. The second-order valence-corrected chi connectivity index (χ2v) is 8.96. The highest BCUT2D eigenvalue weighted by Crippen LogP contribution is 2.23. The van der Waals surface area contributed by atoms with Gasteiger partial charge in [0, 0.05) is 25.6 Å². The van der Waals surface area contributed by atoms with Crippen LogP contribution in [0.5, 0.6) is 5.75 Å². The van der Waals surface area contributed by atoms with Crippen molar-refractivity contribution < 1.29 is 17.9 Å². The number of thiophene rings is 1. The molecule has 0 saturated carbocycles. The van der Waals surface area contributed by atoms with Crippen LogP contribution in [0.25, 0.3) is 0 Å². The number of sulfonamides is 1. The number of hydrogen-bond acceptors (Lipinski definition) is 7. The predicted molar refractivity (Wildman–Crippen MR) is 106 cm³/mol. The molecule has 1 amide bonds. The standard InChI is InChI=1S/C18H18N4O4S2/c1-22(28(24,25)17-5-3-11-27-17)12-16(23)21-18-15(4-2-8-20-18)26-13-14-6-9-19-10-7-14/h2-11H,12-13H2,1H3,(H,20,21,23). The zero-order valence-corrected chi connectivity index (χ0v) is 16.6. The maximum absolute atomic E-state index is 12.4. The first-order chi connectivity index (χ1) is 13.5. The van der Waals surface area contributed by atoms with Crippen molar-refractivity contribution in [2.75, 3.05) is 18.9 Å². The molecule has 10 heteroatoms. The van der Waals surface area contributed by atoms with E-state index in [9.17, 15) is 13.2 Å². The Bertz CT molecular complexity index is 1020. The normalized spacial score (nSPS) is 11.4. The number of nitrogens with zero attached hydrogens (tertiary/aromatic N) is 3. The zero-order valence-electron chi connectivity index (χ0n) is 15.0. The number of hydrogen-bond donors (Lipinski definition) is 1. The van der Waals surface area contributed by atoms with Crippen molar-refractivity contribution in [2.24, 2.45) is 0 Å². The van der Waals surface area contributed by atoms with Gasteiger partial charge < -0.3 is 10.1 Å². The Kier molecular flexibility index (Phi) is 6.34. The third-order valence-electron chi connectivity index (χ3n) is 3.70. The highest BCUT2D eigenvalue weighted by Gasteiger charge is 2.24. The molecule has 3 aromatic heterocycles. The van der Waals surface area contributed by atoms with E-state index in [1.54, 1.807) is 36.0 Å². The van der Waals surface area contributed by atoms with Gasteiger partial charge in [0.15, 0.2) is 11.6 Å². The molecule has 0 aliphatic carbocycles. The van der Waals surface area contributed by atoms with Gasteiger partial charge in [0.1, 0.15) is 10.8 Å². The molecule has 28 heavy (non-hydrogen) atoms. The van der Waals surface area contributed by atoms with E-state index in [2.05, 4.69) is 15.3 Å². The molecule has 0 spiro atoms. The van der Waals surface area contributed by atoms with Crippen LogP contribution >= 0.6 is 11.3 Å². The van der Waals surface area contributed by atoms with Gasteiger partial charge in [-0.2, -0.15) is 4.31 Å². The third-order valence-corrected chi connectivity index (χ3v) is 6.87. The number of likely N-dealkylation sites (N-methyl/N-ethyl adjacent to an activating group) is 1. The Labute approximate surface area is 166 Å². The zero-order chi connectivity index (χ0) is 20.0. The molecule has 0 saturated heterocycles. The molecule has 0 aromatic carbocycles. The van der Waals surface area contributed by atoms with Gasteiger partial charge in [-0.25, -0.2) is 13.4 Å². The first-order valence-corrected chi connectivity index (χ1v) is 10.5. The molecule has 3 heterocycles. The van der Waals surface area contributed by atoms with E-state index in [1.807, 2.05) is 12.1 Å². The van der Waals surface area contributed by atoms with Crippen molar-refractivity contribution in [3.63, 3.8) is 0 Å². The summed E-state index contributed by atoms with van der Waals surface area (Å²) in [6.07, 6.45) is 4.84. The molecule has 0 atom stereocenters. The van der Waals surface area contributed by atoms with Gasteiger partial charge in [0.05, 0.1) is 6.54 Å². The largest absolute Gasteiger partial charge is 0.485 e. The smallest absolute Gasteiger partial charge is 0.252 e. The van der Waals surface area contributed by atoms with Gasteiger partial charge in [-0.15, -0.1) is 11.3 Å². The molecule has 0 bridgehead atoms. The van der Waals surface area contributed by atoms with Crippen LogP contribution in [0.15, 0.2) is 64.6 Å². The van der Waals surface area contributed by atoms with Crippen LogP contribution in [-0.2, 0) is 21.4 Å². The Morgan fingerprint density at radius 1 is 1.18 bits per heavy atom. The summed E-state index contributed by atoms with van der Waals surface area (Å²) < 4.78 is 31.7. The van der Waals surface area contributed by atoms with Gasteiger partial charge >= 0.3 is 0 Å². The average Bonchev–Trinajstić information content (AvgIpc) is 3.23. The summed E-state index contributed by atoms with van der Waals surface area (Å²) >= 11 is 1.10. The maximum atomic E-state index is 12.4. The van der Waals surface area contributed by atoms with Gasteiger partial charge in [-0.1, -0.05) is 6.07 Å². The fourth-order valence-electron chi connectivity index (χ4n) is 2.26. The average molecular weight is 419 g/mol. The molecular formula is C18H18N4O4S2. The molecule has 3 aromatic rings. The number of aromatic nitrogens is 2. The minimum Gasteiger partial charge on any atom is -0.485 e. The number of carbonyl (C=O) groups excluding carboxylic acids is 1. The van der Waals surface area contributed by atoms with E-state index in [1.165, 1.54) is 19.3 Å². The van der Waals surface area contributed by atoms with E-state index in [4.69, 9.17) is 4.74 Å². The third kappa shape index (κ3) is 4.91. The van der Waals surface area contributed by atoms with Crippen molar-refractivity contribution in [1.29, 1.82) is 0 Å². The lowest BCUT2D eigenvalue weighted by Crippen LogP contribution is -2.34. The van der Waals surface area contributed by atoms with Crippen molar-refractivity contribution >= 4 is 33.1 Å². The summed E-state index contributed by atoms with van der Waals surface area (Å²) in [5.74, 6) is 0.0926. The van der Waals surface area contributed by atoms with Gasteiger partial charge in [0.25, 0.3) is 10.0 Å². The monoisotopic (exact) mass is 418 g/mol. The summed E-state index contributed by atoms with van der Waals surface area (Å²) in [5.41, 5.74) is 0.915. The lowest BCUT2D eigenvalue weighted by molar-refractivity contribution is -0.116. The predicted octanol–water partition coefficient (Wildman–Crippen LogP) is 2.38. The van der Waals surface area contributed by atoms with Crippen LogP contribution in [0.1, 0.15) is 5.56 Å². The van der Waals surface area contributed by atoms with Crippen molar-refractivity contribution in [2.45, 2.75) is 10.8 Å². The summed E-state index contributed by atoms with van der Waals surface area (Å²) in [7, 11) is -2.35. The molecule has 0 aliphatic rings. The van der Waals surface area contributed by atoms with Crippen molar-refractivity contribution in [3.8, 4) is 5.75 Å². The molecule has 0 unspecified atom stereocenters. The van der Waals surface area contributed by atoms with E-state index >= 15 is 0 Å². The number of anilines is 1. The fraction of sp³-hybridized carbons (Fsp3) is 0.167. The topological polar surface area (TPSA) is 101 Å². The molecule has 146 valence electrons. The molecule has 0 fully saturated rings. The number of ether oxygens (including phenoxy) is 1. The first-order valence-electron chi connectivity index (χ1n) is 8.23. The van der Waals surface area contributed by atoms with Crippen LogP contribution in [0.2, 0.25) is 0 Å². The van der Waals surface area contributed by atoms with E-state index in [0.717, 1.165) is 21.2 Å². The summed E-state index contributed by atoms with van der Waals surface area (Å²) in [5, 5.41) is 4.27.